The van der Waals surface area contributed by atoms with Crippen LogP contribution in [0.25, 0.3) is 71.6 Å². The molecule has 0 amide bonds. The fraction of sp³-hybridized carbons (Fsp3) is 0.0154. The maximum absolute atomic E-state index is 2.46. The maximum atomic E-state index is 2.46. The quantitative estimate of drug-likeness (QED) is 0.148. The van der Waals surface area contributed by atoms with Crippen molar-refractivity contribution < 1.29 is 0 Å². The van der Waals surface area contributed by atoms with E-state index in [0.717, 1.165) is 22.7 Å². The van der Waals surface area contributed by atoms with E-state index in [2.05, 4.69) is 276 Å². The zero-order chi connectivity index (χ0) is 44.3. The first-order valence-corrected chi connectivity index (χ1v) is 23.2. The summed E-state index contributed by atoms with van der Waals surface area (Å²) in [4.78, 5) is 2.43. The highest BCUT2D eigenvalue weighted by molar-refractivity contribution is 6.11. The summed E-state index contributed by atoms with van der Waals surface area (Å²) in [6, 6.07) is 98.1. The third-order valence-corrected chi connectivity index (χ3v) is 14.1. The number of hydrogen-bond acceptors (Lipinski definition) is 1. The summed E-state index contributed by atoms with van der Waals surface area (Å²) in [5.74, 6) is 0. The second-order valence-corrected chi connectivity index (χ2v) is 17.6. The Labute approximate surface area is 390 Å². The topological polar surface area (TPSA) is 8.17 Å². The van der Waals surface area contributed by atoms with Gasteiger partial charge in [0.15, 0.2) is 0 Å². The van der Waals surface area contributed by atoms with E-state index < -0.39 is 5.41 Å². The molecule has 1 aromatic heterocycles. The number of hydrogen-bond donors (Lipinski definition) is 0. The van der Waals surface area contributed by atoms with Crippen molar-refractivity contribution in [2.24, 2.45) is 0 Å². The number of benzene rings is 11. The van der Waals surface area contributed by atoms with E-state index in [1.165, 1.54) is 88.2 Å². The first kappa shape index (κ1) is 38.7. The van der Waals surface area contributed by atoms with Crippen molar-refractivity contribution in [2.75, 3.05) is 4.90 Å². The largest absolute Gasteiger partial charge is 0.310 e. The van der Waals surface area contributed by atoms with Crippen LogP contribution in [-0.2, 0) is 5.41 Å². The van der Waals surface area contributed by atoms with Crippen LogP contribution >= 0.6 is 0 Å². The average Bonchev–Trinajstić information content (AvgIpc) is 3.90. The van der Waals surface area contributed by atoms with Crippen LogP contribution in [0.2, 0.25) is 0 Å². The van der Waals surface area contributed by atoms with Gasteiger partial charge < -0.3 is 9.47 Å². The Morgan fingerprint density at radius 1 is 0.299 bits per heavy atom. The van der Waals surface area contributed by atoms with E-state index in [9.17, 15) is 0 Å². The molecule has 2 nitrogen and oxygen atoms in total. The predicted molar refractivity (Wildman–Crippen MR) is 281 cm³/mol. The van der Waals surface area contributed by atoms with Gasteiger partial charge in [0.2, 0.25) is 0 Å². The SMILES string of the molecule is c1ccc(-n2c3ccccc3c3cc(-c4ccccc4-c4ccc(N(c5ccc6c(c5)C(c5ccccc5)(c5ccccc5)c5ccccc5-6)c5ccc6ccccc6c5)cc4)ccc32)cc1. The lowest BCUT2D eigenvalue weighted by Gasteiger charge is -2.35. The summed E-state index contributed by atoms with van der Waals surface area (Å²) in [6.07, 6.45) is 0. The molecule has 11 aromatic carbocycles. The fourth-order valence-corrected chi connectivity index (χ4v) is 11.1. The summed E-state index contributed by atoms with van der Waals surface area (Å²) in [5.41, 5.74) is 18.8. The summed E-state index contributed by atoms with van der Waals surface area (Å²) in [6.45, 7) is 0. The number of fused-ring (bicyclic) bond motifs is 7. The van der Waals surface area contributed by atoms with Gasteiger partial charge in [-0.05, 0) is 133 Å². The van der Waals surface area contributed by atoms with Crippen LogP contribution in [0.4, 0.5) is 17.1 Å². The first-order valence-electron chi connectivity index (χ1n) is 23.2. The molecule has 0 saturated carbocycles. The molecular weight excluding hydrogens is 809 g/mol. The van der Waals surface area contributed by atoms with Gasteiger partial charge in [0.25, 0.3) is 0 Å². The molecule has 67 heavy (non-hydrogen) atoms. The highest BCUT2D eigenvalue weighted by Crippen LogP contribution is 2.57. The zero-order valence-electron chi connectivity index (χ0n) is 36.8. The lowest BCUT2D eigenvalue weighted by molar-refractivity contribution is 0.768. The number of nitrogens with zero attached hydrogens (tertiary/aromatic N) is 2. The molecule has 0 radical (unpaired) electrons. The number of para-hydroxylation sites is 2. The summed E-state index contributed by atoms with van der Waals surface area (Å²) < 4.78 is 2.38. The molecule has 0 unspecified atom stereocenters. The van der Waals surface area contributed by atoms with E-state index >= 15 is 0 Å². The highest BCUT2D eigenvalue weighted by Gasteiger charge is 2.46. The zero-order valence-corrected chi connectivity index (χ0v) is 36.8. The van der Waals surface area contributed by atoms with E-state index in [-0.39, 0.29) is 0 Å². The van der Waals surface area contributed by atoms with Crippen LogP contribution in [-0.4, -0.2) is 4.57 Å². The Balaban J connectivity index is 0.958. The Morgan fingerprint density at radius 3 is 1.57 bits per heavy atom. The minimum atomic E-state index is -0.507. The molecule has 13 rings (SSSR count). The Kier molecular flexibility index (Phi) is 9.11. The van der Waals surface area contributed by atoms with Crippen LogP contribution in [0.15, 0.2) is 267 Å². The van der Waals surface area contributed by atoms with Crippen molar-refractivity contribution in [1.29, 1.82) is 0 Å². The van der Waals surface area contributed by atoms with E-state index in [4.69, 9.17) is 0 Å². The first-order chi connectivity index (χ1) is 33.2. The Bertz CT molecular complexity index is 3750. The molecule has 0 N–H and O–H groups in total. The predicted octanol–water partition coefficient (Wildman–Crippen LogP) is 17.1. The van der Waals surface area contributed by atoms with Gasteiger partial charge in [-0.2, -0.15) is 0 Å². The monoisotopic (exact) mass is 852 g/mol. The molecule has 1 heterocycles. The Morgan fingerprint density at radius 2 is 0.821 bits per heavy atom. The molecule has 1 aliphatic carbocycles. The number of rotatable bonds is 8. The lowest BCUT2D eigenvalue weighted by atomic mass is 9.67. The molecular formula is C65H44N2. The fourth-order valence-electron chi connectivity index (χ4n) is 11.1. The van der Waals surface area contributed by atoms with Crippen molar-refractivity contribution >= 4 is 49.6 Å². The van der Waals surface area contributed by atoms with E-state index in [0.29, 0.717) is 0 Å². The molecule has 0 aliphatic heterocycles. The van der Waals surface area contributed by atoms with Crippen molar-refractivity contribution in [2.45, 2.75) is 5.41 Å². The molecule has 1 aliphatic rings. The van der Waals surface area contributed by atoms with Gasteiger partial charge in [-0.1, -0.05) is 200 Å². The average molecular weight is 853 g/mol. The van der Waals surface area contributed by atoms with Gasteiger partial charge in [-0.3, -0.25) is 0 Å². The van der Waals surface area contributed by atoms with E-state index in [1.54, 1.807) is 0 Å². The van der Waals surface area contributed by atoms with Gasteiger partial charge in [0, 0.05) is 33.5 Å². The van der Waals surface area contributed by atoms with Gasteiger partial charge in [-0.15, -0.1) is 0 Å². The van der Waals surface area contributed by atoms with Gasteiger partial charge in [0.05, 0.1) is 16.4 Å². The summed E-state index contributed by atoms with van der Waals surface area (Å²) >= 11 is 0. The molecule has 0 saturated heterocycles. The number of aromatic nitrogens is 1. The van der Waals surface area contributed by atoms with Crippen LogP contribution in [0.3, 0.4) is 0 Å². The smallest absolute Gasteiger partial charge is 0.0714 e. The van der Waals surface area contributed by atoms with Crippen molar-refractivity contribution in [3.8, 4) is 39.1 Å². The molecule has 2 heteroatoms. The maximum Gasteiger partial charge on any atom is 0.0714 e. The molecule has 0 fully saturated rings. The molecule has 12 aromatic rings. The third-order valence-electron chi connectivity index (χ3n) is 14.1. The van der Waals surface area contributed by atoms with Crippen LogP contribution in [0.5, 0.6) is 0 Å². The Hall–Kier alpha value is -8.72. The second kappa shape index (κ2) is 15.8. The van der Waals surface area contributed by atoms with Crippen molar-refractivity contribution in [3.63, 3.8) is 0 Å². The molecule has 0 spiro atoms. The van der Waals surface area contributed by atoms with Crippen LogP contribution in [0.1, 0.15) is 22.3 Å². The molecule has 0 bridgehead atoms. The van der Waals surface area contributed by atoms with Crippen LogP contribution in [0, 0.1) is 0 Å². The van der Waals surface area contributed by atoms with Crippen molar-refractivity contribution in [3.05, 3.63) is 289 Å². The summed E-state index contributed by atoms with van der Waals surface area (Å²) in [7, 11) is 0. The van der Waals surface area contributed by atoms with E-state index in [1.807, 2.05) is 0 Å². The van der Waals surface area contributed by atoms with Gasteiger partial charge in [0.1, 0.15) is 0 Å². The minimum absolute atomic E-state index is 0.507. The third kappa shape index (κ3) is 6.18. The van der Waals surface area contributed by atoms with Crippen LogP contribution < -0.4 is 4.90 Å². The lowest BCUT2D eigenvalue weighted by Crippen LogP contribution is -2.28. The molecule has 0 atom stereocenters. The highest BCUT2D eigenvalue weighted by atomic mass is 15.1. The van der Waals surface area contributed by atoms with Gasteiger partial charge >= 0.3 is 0 Å². The number of anilines is 3. The normalized spacial score (nSPS) is 12.6. The second-order valence-electron chi connectivity index (χ2n) is 17.6. The standard InChI is InChI=1S/C65H44N2/c1-4-20-49(21-5-1)65(50-22-6-2-7-23-50)61-30-16-14-28-57(61)58-40-39-54(44-62(58)65)66(53-38-32-45-18-10-11-19-47(45)42-53)52-36-33-46(34-37-52)55-26-12-13-27-56(55)48-35-41-64-60(43-48)59-29-15-17-31-63(59)67(64)51-24-8-3-9-25-51/h1-44H. The van der Waals surface area contributed by atoms with Gasteiger partial charge in [-0.25, -0.2) is 0 Å². The molecule has 314 valence electrons. The van der Waals surface area contributed by atoms with Crippen molar-refractivity contribution in [1.82, 2.24) is 4.57 Å². The minimum Gasteiger partial charge on any atom is -0.310 e. The summed E-state index contributed by atoms with van der Waals surface area (Å²) in [5, 5.41) is 4.92.